The zero-order chi connectivity index (χ0) is 24.5. The van der Waals surface area contributed by atoms with Crippen molar-refractivity contribution in [1.29, 1.82) is 0 Å². The minimum absolute atomic E-state index is 0.154. The number of benzene rings is 3. The van der Waals surface area contributed by atoms with Crippen LogP contribution in [0.4, 0.5) is 5.69 Å². The lowest BCUT2D eigenvalue weighted by atomic mass is 9.99. The number of rotatable bonds is 5. The maximum absolute atomic E-state index is 13.3. The van der Waals surface area contributed by atoms with E-state index >= 15 is 0 Å². The Bertz CT molecular complexity index is 1300. The van der Waals surface area contributed by atoms with Crippen LogP contribution in [0, 0.1) is 6.92 Å². The standard InChI is InChI=1S/C28H27BrN2O4/c1-18-14-23(32)22(17-30-10-12-31(13-11-30)21-6-4-3-5-7-21)28-26(18)27(33)25(35-28)16-19-15-20(29)8-9-24(19)34-2/h3-9,14-16,32H,10-13,17H2,1-2H3/b25-16-. The lowest BCUT2D eigenvalue weighted by Gasteiger charge is -2.36. The van der Waals surface area contributed by atoms with Gasteiger partial charge in [-0.2, -0.15) is 0 Å². The third-order valence-corrected chi connectivity index (χ3v) is 7.07. The number of hydrogen-bond acceptors (Lipinski definition) is 6. The number of fused-ring (bicyclic) bond motifs is 1. The molecule has 0 amide bonds. The number of methoxy groups -OCH3 is 1. The second-order valence-electron chi connectivity index (χ2n) is 8.82. The number of ether oxygens (including phenoxy) is 2. The van der Waals surface area contributed by atoms with Crippen molar-refractivity contribution in [2.75, 3.05) is 38.2 Å². The van der Waals surface area contributed by atoms with Crippen LogP contribution in [-0.4, -0.2) is 49.1 Å². The average Bonchev–Trinajstić information content (AvgIpc) is 3.19. The highest BCUT2D eigenvalue weighted by atomic mass is 79.9. The number of halogens is 1. The number of para-hydroxylation sites is 1. The number of piperazine rings is 1. The van der Waals surface area contributed by atoms with Crippen LogP contribution >= 0.6 is 15.9 Å². The minimum Gasteiger partial charge on any atom is -0.507 e. The second kappa shape index (κ2) is 9.76. The quantitative estimate of drug-likeness (QED) is 0.441. The molecule has 6 nitrogen and oxygen atoms in total. The first kappa shape index (κ1) is 23.5. The highest BCUT2D eigenvalue weighted by Crippen LogP contribution is 2.43. The van der Waals surface area contributed by atoms with E-state index in [1.165, 1.54) is 5.69 Å². The molecule has 35 heavy (non-hydrogen) atoms. The molecule has 0 atom stereocenters. The van der Waals surface area contributed by atoms with E-state index in [-0.39, 0.29) is 17.3 Å². The van der Waals surface area contributed by atoms with Gasteiger partial charge in [0, 0.05) is 48.4 Å². The molecule has 3 aromatic carbocycles. The number of Topliss-reactive ketones (excluding diaryl/α,β-unsaturated/α-hetero) is 1. The second-order valence-corrected chi connectivity index (χ2v) is 9.74. The number of aryl methyl sites for hydroxylation is 1. The molecular weight excluding hydrogens is 508 g/mol. The lowest BCUT2D eigenvalue weighted by Crippen LogP contribution is -2.46. The number of carbonyl (C=O) groups excluding carboxylic acids is 1. The summed E-state index contributed by atoms with van der Waals surface area (Å²) < 4.78 is 12.5. The zero-order valence-corrected chi connectivity index (χ0v) is 21.3. The Balaban J connectivity index is 1.40. The van der Waals surface area contributed by atoms with Crippen molar-refractivity contribution >= 4 is 33.5 Å². The summed E-state index contributed by atoms with van der Waals surface area (Å²) in [7, 11) is 1.59. The van der Waals surface area contributed by atoms with E-state index in [4.69, 9.17) is 9.47 Å². The van der Waals surface area contributed by atoms with Crippen LogP contribution in [0.2, 0.25) is 0 Å². The van der Waals surface area contributed by atoms with E-state index in [1.54, 1.807) is 19.3 Å². The molecule has 0 unspecified atom stereocenters. The Kier molecular flexibility index (Phi) is 6.54. The van der Waals surface area contributed by atoms with Gasteiger partial charge in [0.05, 0.1) is 18.2 Å². The number of phenols is 1. The summed E-state index contributed by atoms with van der Waals surface area (Å²) in [6, 6.07) is 17.6. The molecule has 2 heterocycles. The first-order chi connectivity index (χ1) is 16.9. The number of phenolic OH excluding ortho intramolecular Hbond substituents is 1. The Morgan fingerprint density at radius 1 is 1.09 bits per heavy atom. The predicted octanol–water partition coefficient (Wildman–Crippen LogP) is 5.41. The molecule has 1 N–H and O–H groups in total. The number of nitrogens with zero attached hydrogens (tertiary/aromatic N) is 2. The third kappa shape index (κ3) is 4.66. The Labute approximate surface area is 213 Å². The van der Waals surface area contributed by atoms with Gasteiger partial charge >= 0.3 is 0 Å². The van der Waals surface area contributed by atoms with Gasteiger partial charge in [-0.25, -0.2) is 0 Å². The van der Waals surface area contributed by atoms with Crippen molar-refractivity contribution < 1.29 is 19.4 Å². The molecule has 180 valence electrons. The third-order valence-electron chi connectivity index (χ3n) is 6.57. The summed E-state index contributed by atoms with van der Waals surface area (Å²) in [6.07, 6.45) is 1.70. The SMILES string of the molecule is COc1ccc(Br)cc1/C=C1\Oc2c(CN3CCN(c4ccccc4)CC3)c(O)cc(C)c2C1=O. The largest absolute Gasteiger partial charge is 0.507 e. The van der Waals surface area contributed by atoms with Crippen molar-refractivity contribution in [3.05, 3.63) is 87.1 Å². The van der Waals surface area contributed by atoms with Gasteiger partial charge in [0.2, 0.25) is 5.78 Å². The summed E-state index contributed by atoms with van der Waals surface area (Å²) in [5.74, 6) is 1.29. The number of carbonyl (C=O) groups is 1. The van der Waals surface area contributed by atoms with E-state index in [2.05, 4.69) is 50.0 Å². The van der Waals surface area contributed by atoms with Crippen LogP contribution in [-0.2, 0) is 6.54 Å². The normalized spacial score (nSPS) is 16.9. The topological polar surface area (TPSA) is 62.2 Å². The molecule has 5 rings (SSSR count). The van der Waals surface area contributed by atoms with Gasteiger partial charge in [-0.1, -0.05) is 34.1 Å². The van der Waals surface area contributed by atoms with E-state index in [1.807, 2.05) is 31.2 Å². The molecule has 0 radical (unpaired) electrons. The fraction of sp³-hybridized carbons (Fsp3) is 0.250. The minimum atomic E-state index is -0.185. The highest BCUT2D eigenvalue weighted by Gasteiger charge is 2.34. The van der Waals surface area contributed by atoms with Gasteiger partial charge in [-0.05, 0) is 55.0 Å². The van der Waals surface area contributed by atoms with Crippen LogP contribution in [0.5, 0.6) is 17.2 Å². The maximum atomic E-state index is 13.3. The van der Waals surface area contributed by atoms with Crippen LogP contribution in [0.3, 0.4) is 0 Å². The number of aromatic hydroxyl groups is 1. The van der Waals surface area contributed by atoms with Crippen molar-refractivity contribution in [3.8, 4) is 17.2 Å². The molecular formula is C28H27BrN2O4. The van der Waals surface area contributed by atoms with Crippen LogP contribution in [0.1, 0.15) is 27.0 Å². The van der Waals surface area contributed by atoms with Crippen LogP contribution in [0.25, 0.3) is 6.08 Å². The number of hydrogen-bond donors (Lipinski definition) is 1. The molecule has 7 heteroatoms. The molecule has 3 aromatic rings. The Morgan fingerprint density at radius 3 is 2.54 bits per heavy atom. The number of ketones is 1. The van der Waals surface area contributed by atoms with Crippen LogP contribution in [0.15, 0.2) is 64.8 Å². The van der Waals surface area contributed by atoms with Crippen LogP contribution < -0.4 is 14.4 Å². The molecule has 2 aliphatic rings. The van der Waals surface area contributed by atoms with E-state index in [9.17, 15) is 9.90 Å². The number of anilines is 1. The summed E-state index contributed by atoms with van der Waals surface area (Å²) in [5, 5.41) is 10.8. The summed E-state index contributed by atoms with van der Waals surface area (Å²) in [5.41, 5.74) is 3.82. The van der Waals surface area contributed by atoms with E-state index < -0.39 is 0 Å². The molecule has 1 saturated heterocycles. The molecule has 1 fully saturated rings. The van der Waals surface area contributed by atoms with Gasteiger partial charge in [0.1, 0.15) is 17.2 Å². The molecule has 0 bridgehead atoms. The maximum Gasteiger partial charge on any atom is 0.232 e. The van der Waals surface area contributed by atoms with Crippen molar-refractivity contribution in [1.82, 2.24) is 4.90 Å². The fourth-order valence-corrected chi connectivity index (χ4v) is 5.10. The lowest BCUT2D eigenvalue weighted by molar-refractivity contribution is 0.101. The van der Waals surface area contributed by atoms with E-state index in [0.29, 0.717) is 34.7 Å². The Morgan fingerprint density at radius 2 is 1.83 bits per heavy atom. The van der Waals surface area contributed by atoms with E-state index in [0.717, 1.165) is 36.2 Å². The number of allylic oxidation sites excluding steroid dienone is 1. The van der Waals surface area contributed by atoms with Crippen molar-refractivity contribution in [2.24, 2.45) is 0 Å². The van der Waals surface area contributed by atoms with Gasteiger partial charge in [-0.3, -0.25) is 9.69 Å². The van der Waals surface area contributed by atoms with Gasteiger partial charge in [-0.15, -0.1) is 0 Å². The summed E-state index contributed by atoms with van der Waals surface area (Å²) in [6.45, 7) is 5.83. The van der Waals surface area contributed by atoms with Gasteiger partial charge < -0.3 is 19.5 Å². The monoisotopic (exact) mass is 534 g/mol. The average molecular weight is 535 g/mol. The van der Waals surface area contributed by atoms with Crippen molar-refractivity contribution in [2.45, 2.75) is 13.5 Å². The summed E-state index contributed by atoms with van der Waals surface area (Å²) in [4.78, 5) is 18.0. The van der Waals surface area contributed by atoms with Gasteiger partial charge in [0.25, 0.3) is 0 Å². The predicted molar refractivity (Wildman–Crippen MR) is 140 cm³/mol. The highest BCUT2D eigenvalue weighted by molar-refractivity contribution is 9.10. The van der Waals surface area contributed by atoms with Crippen molar-refractivity contribution in [3.63, 3.8) is 0 Å². The molecule has 2 aliphatic heterocycles. The summed E-state index contributed by atoms with van der Waals surface area (Å²) >= 11 is 3.47. The smallest absolute Gasteiger partial charge is 0.232 e. The Hall–Kier alpha value is -3.29. The zero-order valence-electron chi connectivity index (χ0n) is 19.8. The molecule has 0 saturated carbocycles. The molecule has 0 aliphatic carbocycles. The van der Waals surface area contributed by atoms with Gasteiger partial charge in [0.15, 0.2) is 5.76 Å². The molecule has 0 spiro atoms. The first-order valence-electron chi connectivity index (χ1n) is 11.6. The first-order valence-corrected chi connectivity index (χ1v) is 12.4. The fourth-order valence-electron chi connectivity index (χ4n) is 4.72. The molecule has 0 aromatic heterocycles.